The molecule has 3 rings (SSSR count). The molecule has 0 aliphatic rings. The summed E-state index contributed by atoms with van der Waals surface area (Å²) in [4.78, 5) is 4.27. The first kappa shape index (κ1) is 10.5. The van der Waals surface area contributed by atoms with E-state index in [1.165, 1.54) is 0 Å². The van der Waals surface area contributed by atoms with Crippen molar-refractivity contribution in [3.63, 3.8) is 0 Å². The molecular weight excluding hydrogens is 228 g/mol. The molecule has 0 unspecified atom stereocenters. The van der Waals surface area contributed by atoms with Crippen molar-refractivity contribution in [3.05, 3.63) is 48.5 Å². The van der Waals surface area contributed by atoms with Crippen molar-refractivity contribution in [1.82, 2.24) is 15.2 Å². The standard InChI is InChI=1S/C13H10N4O/c14-9-5-7-10(8-6-9)18-13-15-11-3-1-2-4-12(11)16-17-13/h1-8H,14H2. The van der Waals surface area contributed by atoms with E-state index in [9.17, 15) is 0 Å². The lowest BCUT2D eigenvalue weighted by molar-refractivity contribution is 0.437. The van der Waals surface area contributed by atoms with Crippen LogP contribution in [0.25, 0.3) is 11.0 Å². The van der Waals surface area contributed by atoms with Crippen LogP contribution in [0, 0.1) is 0 Å². The molecule has 0 aliphatic heterocycles. The number of anilines is 1. The van der Waals surface area contributed by atoms with Gasteiger partial charge in [0, 0.05) is 5.69 Å². The Morgan fingerprint density at radius 3 is 2.33 bits per heavy atom. The molecule has 1 aromatic heterocycles. The topological polar surface area (TPSA) is 73.9 Å². The third-order valence-corrected chi connectivity index (χ3v) is 2.43. The molecule has 1 heterocycles. The van der Waals surface area contributed by atoms with Gasteiger partial charge in [0.05, 0.1) is 5.52 Å². The molecule has 0 bridgehead atoms. The van der Waals surface area contributed by atoms with Crippen molar-refractivity contribution >= 4 is 16.7 Å². The second kappa shape index (κ2) is 4.29. The molecule has 0 saturated heterocycles. The highest BCUT2D eigenvalue weighted by atomic mass is 16.5. The first-order valence-electron chi connectivity index (χ1n) is 5.44. The zero-order valence-electron chi connectivity index (χ0n) is 9.45. The Hall–Kier alpha value is -2.69. The lowest BCUT2D eigenvalue weighted by Gasteiger charge is -2.03. The predicted octanol–water partition coefficient (Wildman–Crippen LogP) is 2.40. The van der Waals surface area contributed by atoms with Crippen LogP contribution < -0.4 is 10.5 Å². The SMILES string of the molecule is Nc1ccc(Oc2nnc3ccccc3n2)cc1. The minimum absolute atomic E-state index is 0.221. The van der Waals surface area contributed by atoms with Gasteiger partial charge in [-0.3, -0.25) is 0 Å². The smallest absolute Gasteiger partial charge is 0.341 e. The van der Waals surface area contributed by atoms with E-state index < -0.39 is 0 Å². The number of ether oxygens (including phenoxy) is 1. The van der Waals surface area contributed by atoms with Gasteiger partial charge in [-0.25, -0.2) is 0 Å². The Morgan fingerprint density at radius 1 is 0.833 bits per heavy atom. The lowest BCUT2D eigenvalue weighted by Crippen LogP contribution is -1.95. The number of aromatic nitrogens is 3. The molecule has 0 atom stereocenters. The van der Waals surface area contributed by atoms with Gasteiger partial charge in [-0.15, -0.1) is 5.10 Å². The van der Waals surface area contributed by atoms with E-state index in [2.05, 4.69) is 15.2 Å². The molecule has 0 spiro atoms. The second-order valence-electron chi connectivity index (χ2n) is 3.75. The summed E-state index contributed by atoms with van der Waals surface area (Å²) in [6, 6.07) is 14.7. The van der Waals surface area contributed by atoms with Crippen LogP contribution in [0.4, 0.5) is 5.69 Å². The Morgan fingerprint density at radius 2 is 1.56 bits per heavy atom. The zero-order chi connectivity index (χ0) is 12.4. The Kier molecular flexibility index (Phi) is 2.49. The summed E-state index contributed by atoms with van der Waals surface area (Å²) in [7, 11) is 0. The molecular formula is C13H10N4O. The van der Waals surface area contributed by atoms with Gasteiger partial charge in [0.25, 0.3) is 0 Å². The van der Waals surface area contributed by atoms with Crippen LogP contribution in [0.5, 0.6) is 11.8 Å². The number of hydrogen-bond acceptors (Lipinski definition) is 5. The molecule has 3 aromatic rings. The van der Waals surface area contributed by atoms with E-state index in [-0.39, 0.29) is 6.01 Å². The van der Waals surface area contributed by atoms with E-state index in [1.807, 2.05) is 24.3 Å². The summed E-state index contributed by atoms with van der Waals surface area (Å²) in [5, 5.41) is 7.94. The lowest BCUT2D eigenvalue weighted by atomic mass is 10.3. The Balaban J connectivity index is 1.92. The second-order valence-corrected chi connectivity index (χ2v) is 3.75. The monoisotopic (exact) mass is 238 g/mol. The first-order chi connectivity index (χ1) is 8.81. The van der Waals surface area contributed by atoms with Crippen LogP contribution in [0.2, 0.25) is 0 Å². The fourth-order valence-electron chi connectivity index (χ4n) is 1.55. The minimum Gasteiger partial charge on any atom is -0.423 e. The summed E-state index contributed by atoms with van der Waals surface area (Å²) >= 11 is 0. The van der Waals surface area contributed by atoms with Gasteiger partial charge in [-0.2, -0.15) is 4.98 Å². The highest BCUT2D eigenvalue weighted by Gasteiger charge is 2.03. The predicted molar refractivity (Wildman–Crippen MR) is 68.3 cm³/mol. The third kappa shape index (κ3) is 2.06. The van der Waals surface area contributed by atoms with Crippen molar-refractivity contribution in [3.8, 4) is 11.8 Å². The van der Waals surface area contributed by atoms with Crippen molar-refractivity contribution in [2.45, 2.75) is 0 Å². The van der Waals surface area contributed by atoms with Gasteiger partial charge >= 0.3 is 6.01 Å². The maximum Gasteiger partial charge on any atom is 0.341 e. The van der Waals surface area contributed by atoms with Crippen molar-refractivity contribution in [2.24, 2.45) is 0 Å². The maximum atomic E-state index is 5.60. The van der Waals surface area contributed by atoms with Gasteiger partial charge in [0.1, 0.15) is 11.3 Å². The van der Waals surface area contributed by atoms with Crippen LogP contribution in [0.1, 0.15) is 0 Å². The van der Waals surface area contributed by atoms with Gasteiger partial charge in [0.2, 0.25) is 0 Å². The fourth-order valence-corrected chi connectivity index (χ4v) is 1.55. The molecule has 0 saturated carbocycles. The van der Waals surface area contributed by atoms with Gasteiger partial charge in [-0.1, -0.05) is 17.2 Å². The quantitative estimate of drug-likeness (QED) is 0.694. The fraction of sp³-hybridized carbons (Fsp3) is 0. The summed E-state index contributed by atoms with van der Waals surface area (Å²) in [5.41, 5.74) is 7.76. The molecule has 2 N–H and O–H groups in total. The molecule has 0 radical (unpaired) electrons. The van der Waals surface area contributed by atoms with Gasteiger partial charge in [-0.05, 0) is 36.4 Å². The van der Waals surface area contributed by atoms with E-state index in [0.717, 1.165) is 11.0 Å². The Labute approximate surface area is 103 Å². The molecule has 88 valence electrons. The average Bonchev–Trinajstić information content (AvgIpc) is 2.41. The number of nitrogens with zero attached hydrogens (tertiary/aromatic N) is 3. The summed E-state index contributed by atoms with van der Waals surface area (Å²) in [5.74, 6) is 0.626. The van der Waals surface area contributed by atoms with E-state index in [0.29, 0.717) is 11.4 Å². The molecule has 2 aromatic carbocycles. The number of rotatable bonds is 2. The number of benzene rings is 2. The molecule has 5 heteroatoms. The largest absolute Gasteiger partial charge is 0.423 e. The van der Waals surface area contributed by atoms with Crippen LogP contribution in [0.3, 0.4) is 0 Å². The molecule has 5 nitrogen and oxygen atoms in total. The molecule has 0 amide bonds. The number of nitrogens with two attached hydrogens (primary N) is 1. The van der Waals surface area contributed by atoms with Crippen LogP contribution >= 0.6 is 0 Å². The Bertz CT molecular complexity index is 682. The molecule has 0 aliphatic carbocycles. The number of hydrogen-bond donors (Lipinski definition) is 1. The number of nitrogen functional groups attached to an aromatic ring is 1. The summed E-state index contributed by atoms with van der Waals surface area (Å²) < 4.78 is 5.50. The van der Waals surface area contributed by atoms with E-state index in [4.69, 9.17) is 10.5 Å². The third-order valence-electron chi connectivity index (χ3n) is 2.43. The average molecular weight is 238 g/mol. The van der Waals surface area contributed by atoms with Gasteiger partial charge in [0.15, 0.2) is 0 Å². The highest BCUT2D eigenvalue weighted by molar-refractivity contribution is 5.73. The van der Waals surface area contributed by atoms with E-state index >= 15 is 0 Å². The van der Waals surface area contributed by atoms with Crippen molar-refractivity contribution < 1.29 is 4.74 Å². The van der Waals surface area contributed by atoms with Crippen LogP contribution in [-0.2, 0) is 0 Å². The molecule has 18 heavy (non-hydrogen) atoms. The first-order valence-corrected chi connectivity index (χ1v) is 5.44. The van der Waals surface area contributed by atoms with Crippen LogP contribution in [-0.4, -0.2) is 15.2 Å². The summed E-state index contributed by atoms with van der Waals surface area (Å²) in [6.45, 7) is 0. The van der Waals surface area contributed by atoms with Gasteiger partial charge < -0.3 is 10.5 Å². The number of para-hydroxylation sites is 1. The number of fused-ring (bicyclic) bond motifs is 1. The highest BCUT2D eigenvalue weighted by Crippen LogP contribution is 2.19. The molecule has 0 fully saturated rings. The normalized spacial score (nSPS) is 10.4. The summed E-state index contributed by atoms with van der Waals surface area (Å²) in [6.07, 6.45) is 0. The zero-order valence-corrected chi connectivity index (χ0v) is 9.45. The van der Waals surface area contributed by atoms with Crippen molar-refractivity contribution in [1.29, 1.82) is 0 Å². The van der Waals surface area contributed by atoms with Crippen LogP contribution in [0.15, 0.2) is 48.5 Å². The minimum atomic E-state index is 0.221. The van der Waals surface area contributed by atoms with Crippen molar-refractivity contribution in [2.75, 3.05) is 5.73 Å². The van der Waals surface area contributed by atoms with E-state index in [1.54, 1.807) is 24.3 Å². The maximum absolute atomic E-state index is 5.60.